The molecule has 30 heavy (non-hydrogen) atoms. The average molecular weight is 403 g/mol. The third kappa shape index (κ3) is 4.91. The number of methoxy groups -OCH3 is 1. The minimum Gasteiger partial charge on any atom is -0.497 e. The first-order valence-electron chi connectivity index (χ1n) is 8.87. The van der Waals surface area contributed by atoms with Gasteiger partial charge in [0.15, 0.2) is 0 Å². The van der Waals surface area contributed by atoms with Gasteiger partial charge in [0.25, 0.3) is 11.6 Å². The fraction of sp³-hybridized carbons (Fsp3) is 0.0909. The number of hydrogen-bond acceptors (Lipinski definition) is 6. The number of ether oxygens (including phenoxy) is 2. The lowest BCUT2D eigenvalue weighted by Crippen LogP contribution is -2.13. The minimum atomic E-state index is -0.579. The number of amides is 1. The summed E-state index contributed by atoms with van der Waals surface area (Å²) in [5, 5.41) is 22.6. The maximum atomic E-state index is 12.8. The highest BCUT2D eigenvalue weighted by atomic mass is 16.6. The van der Waals surface area contributed by atoms with E-state index in [-0.39, 0.29) is 23.4 Å². The smallest absolute Gasteiger partial charge is 0.270 e. The topological polar surface area (TPSA) is 114 Å². The van der Waals surface area contributed by atoms with Crippen LogP contribution in [0.5, 0.6) is 17.2 Å². The molecule has 0 aliphatic carbocycles. The molecule has 0 spiro atoms. The van der Waals surface area contributed by atoms with Gasteiger partial charge in [-0.05, 0) is 48.0 Å². The maximum Gasteiger partial charge on any atom is 0.270 e. The van der Waals surface area contributed by atoms with Crippen molar-refractivity contribution in [1.29, 1.82) is 5.26 Å². The number of carbonyl (C=O) groups is 1. The van der Waals surface area contributed by atoms with Crippen molar-refractivity contribution in [3.05, 3.63) is 88.0 Å². The minimum absolute atomic E-state index is 0.0149. The summed E-state index contributed by atoms with van der Waals surface area (Å²) in [7, 11) is 1.54. The molecule has 8 heteroatoms. The normalized spacial score (nSPS) is 10.0. The molecule has 0 aliphatic rings. The van der Waals surface area contributed by atoms with Crippen molar-refractivity contribution in [2.45, 2.75) is 6.42 Å². The predicted octanol–water partition coefficient (Wildman–Crippen LogP) is 4.71. The summed E-state index contributed by atoms with van der Waals surface area (Å²) in [6.45, 7) is 0. The zero-order chi connectivity index (χ0) is 21.5. The molecule has 8 nitrogen and oxygen atoms in total. The Kier molecular flexibility index (Phi) is 6.25. The highest BCUT2D eigenvalue weighted by molar-refractivity contribution is 6.06. The third-order valence-electron chi connectivity index (χ3n) is 4.20. The fourth-order valence-corrected chi connectivity index (χ4v) is 2.66. The lowest BCUT2D eigenvalue weighted by atomic mass is 10.1. The standard InChI is InChI=1S/C22H17N3O5/c1-29-18-7-9-19(10-8-18)30-21-11-6-17(25(27)28)14-20(21)22(26)24-16-4-2-15(3-5-16)12-13-23/h2-11,14H,12H2,1H3,(H,24,26). The SMILES string of the molecule is COc1ccc(Oc2ccc([N+](=O)[O-])cc2C(=O)Nc2ccc(CC#N)cc2)cc1. The molecule has 0 aromatic heterocycles. The van der Waals surface area contributed by atoms with E-state index in [9.17, 15) is 14.9 Å². The van der Waals surface area contributed by atoms with Gasteiger partial charge in [-0.25, -0.2) is 0 Å². The van der Waals surface area contributed by atoms with E-state index < -0.39 is 10.8 Å². The molecule has 1 amide bonds. The van der Waals surface area contributed by atoms with E-state index in [4.69, 9.17) is 14.7 Å². The summed E-state index contributed by atoms with van der Waals surface area (Å²) >= 11 is 0. The van der Waals surface area contributed by atoms with Gasteiger partial charge >= 0.3 is 0 Å². The Morgan fingerprint density at radius 1 is 1.07 bits per heavy atom. The third-order valence-corrected chi connectivity index (χ3v) is 4.20. The average Bonchev–Trinajstić information content (AvgIpc) is 2.76. The van der Waals surface area contributed by atoms with Crippen LogP contribution >= 0.6 is 0 Å². The number of rotatable bonds is 7. The first-order chi connectivity index (χ1) is 14.5. The summed E-state index contributed by atoms with van der Waals surface area (Å²) in [5.41, 5.74) is 1.09. The van der Waals surface area contributed by atoms with E-state index in [1.807, 2.05) is 6.07 Å². The number of nitro groups is 1. The zero-order valence-electron chi connectivity index (χ0n) is 16.0. The van der Waals surface area contributed by atoms with Crippen LogP contribution in [-0.4, -0.2) is 17.9 Å². The van der Waals surface area contributed by atoms with Crippen molar-refractivity contribution < 1.29 is 19.2 Å². The van der Waals surface area contributed by atoms with Gasteiger partial charge in [-0.15, -0.1) is 0 Å². The fourth-order valence-electron chi connectivity index (χ4n) is 2.66. The molecular formula is C22H17N3O5. The lowest BCUT2D eigenvalue weighted by molar-refractivity contribution is -0.384. The van der Waals surface area contributed by atoms with Gasteiger partial charge in [-0.1, -0.05) is 12.1 Å². The van der Waals surface area contributed by atoms with Crippen LogP contribution in [0.4, 0.5) is 11.4 Å². The van der Waals surface area contributed by atoms with Crippen molar-refractivity contribution in [3.63, 3.8) is 0 Å². The molecule has 1 N–H and O–H groups in total. The number of carbonyl (C=O) groups excluding carboxylic acids is 1. The molecule has 0 saturated heterocycles. The van der Waals surface area contributed by atoms with Crippen LogP contribution in [0.1, 0.15) is 15.9 Å². The van der Waals surface area contributed by atoms with Crippen LogP contribution in [0.25, 0.3) is 0 Å². The summed E-state index contributed by atoms with van der Waals surface area (Å²) in [6.07, 6.45) is 0.263. The summed E-state index contributed by atoms with van der Waals surface area (Å²) < 4.78 is 10.9. The number of nitrogens with one attached hydrogen (secondary N) is 1. The summed E-state index contributed by atoms with van der Waals surface area (Å²) in [6, 6.07) is 19.4. The van der Waals surface area contributed by atoms with Gasteiger partial charge < -0.3 is 14.8 Å². The number of nitro benzene ring substituents is 1. The number of non-ortho nitro benzene ring substituents is 1. The number of benzene rings is 3. The summed E-state index contributed by atoms with van der Waals surface area (Å²) in [5.74, 6) is 0.697. The van der Waals surface area contributed by atoms with Gasteiger partial charge in [0, 0.05) is 17.8 Å². The Hall–Kier alpha value is -4.38. The van der Waals surface area contributed by atoms with E-state index in [1.165, 1.54) is 12.1 Å². The van der Waals surface area contributed by atoms with Crippen LogP contribution in [-0.2, 0) is 6.42 Å². The number of nitriles is 1. The Bertz CT molecular complexity index is 1100. The van der Waals surface area contributed by atoms with Crippen LogP contribution < -0.4 is 14.8 Å². The molecule has 0 heterocycles. The number of anilines is 1. The molecule has 0 atom stereocenters. The first-order valence-corrected chi connectivity index (χ1v) is 8.87. The number of nitrogens with zero attached hydrogens (tertiary/aromatic N) is 2. The van der Waals surface area contributed by atoms with E-state index in [0.717, 1.165) is 11.6 Å². The van der Waals surface area contributed by atoms with E-state index in [2.05, 4.69) is 5.32 Å². The molecule has 3 rings (SSSR count). The van der Waals surface area contributed by atoms with Crippen LogP contribution in [0.15, 0.2) is 66.7 Å². The van der Waals surface area contributed by atoms with E-state index in [0.29, 0.717) is 17.2 Å². The van der Waals surface area contributed by atoms with Gasteiger partial charge in [0.05, 0.1) is 30.1 Å². The Labute approximate surface area is 172 Å². The Morgan fingerprint density at radius 3 is 2.33 bits per heavy atom. The highest BCUT2D eigenvalue weighted by Crippen LogP contribution is 2.30. The molecule has 0 saturated carbocycles. The molecule has 3 aromatic rings. The van der Waals surface area contributed by atoms with E-state index >= 15 is 0 Å². The maximum absolute atomic E-state index is 12.8. The molecule has 0 radical (unpaired) electrons. The summed E-state index contributed by atoms with van der Waals surface area (Å²) in [4.78, 5) is 23.4. The molecule has 150 valence electrons. The molecule has 0 unspecified atom stereocenters. The largest absolute Gasteiger partial charge is 0.497 e. The second-order valence-electron chi connectivity index (χ2n) is 6.20. The van der Waals surface area contributed by atoms with Crippen LogP contribution in [0, 0.1) is 21.4 Å². The number of hydrogen-bond donors (Lipinski definition) is 1. The van der Waals surface area contributed by atoms with Gasteiger partial charge in [-0.3, -0.25) is 14.9 Å². The van der Waals surface area contributed by atoms with Crippen molar-refractivity contribution in [2.75, 3.05) is 12.4 Å². The molecular weight excluding hydrogens is 386 g/mol. The van der Waals surface area contributed by atoms with Crippen molar-refractivity contribution in [2.24, 2.45) is 0 Å². The quantitative estimate of drug-likeness (QED) is 0.451. The van der Waals surface area contributed by atoms with Crippen LogP contribution in [0.2, 0.25) is 0 Å². The molecule has 0 aliphatic heterocycles. The second-order valence-corrected chi connectivity index (χ2v) is 6.20. The Balaban J connectivity index is 1.87. The molecule has 0 bridgehead atoms. The first kappa shape index (κ1) is 20.4. The second kappa shape index (κ2) is 9.21. The molecule has 0 fully saturated rings. The van der Waals surface area contributed by atoms with Crippen LogP contribution in [0.3, 0.4) is 0 Å². The van der Waals surface area contributed by atoms with Crippen molar-refractivity contribution in [3.8, 4) is 23.3 Å². The van der Waals surface area contributed by atoms with Gasteiger partial charge in [-0.2, -0.15) is 5.26 Å². The van der Waals surface area contributed by atoms with E-state index in [1.54, 1.807) is 55.6 Å². The lowest BCUT2D eigenvalue weighted by Gasteiger charge is -2.12. The zero-order valence-corrected chi connectivity index (χ0v) is 16.0. The highest BCUT2D eigenvalue weighted by Gasteiger charge is 2.19. The van der Waals surface area contributed by atoms with Crippen molar-refractivity contribution >= 4 is 17.3 Å². The van der Waals surface area contributed by atoms with Gasteiger partial charge in [0.1, 0.15) is 17.2 Å². The van der Waals surface area contributed by atoms with Crippen molar-refractivity contribution in [1.82, 2.24) is 0 Å². The Morgan fingerprint density at radius 2 is 1.73 bits per heavy atom. The molecule has 3 aromatic carbocycles. The monoisotopic (exact) mass is 403 g/mol. The predicted molar refractivity (Wildman–Crippen MR) is 110 cm³/mol. The van der Waals surface area contributed by atoms with Gasteiger partial charge in [0.2, 0.25) is 0 Å².